The standard InChI is InChI=1S/C40H57NO9/c1-24(11-14-35(41)44)30-12-13-31-36-32(22-34(38(30,31)5)46-26(3)43)37(4)19-20-40(23-29(37)21-33(36)45-25(2)42)49-47-39(48-50-40)17-15-28(16-18-39)27-9-7-6-8-10-27/h6-10,24,28-34,36H,11-23H2,1-5H3,(H2,41,44). The maximum Gasteiger partial charge on any atom is 0.302 e. The molecule has 10 nitrogen and oxygen atoms in total. The van der Waals surface area contributed by atoms with Crippen molar-refractivity contribution in [1.82, 2.24) is 0 Å². The average molecular weight is 696 g/mol. The summed E-state index contributed by atoms with van der Waals surface area (Å²) in [5.74, 6) is -1.25. The Kier molecular flexibility index (Phi) is 9.66. The van der Waals surface area contributed by atoms with Gasteiger partial charge < -0.3 is 15.2 Å². The highest BCUT2D eigenvalue weighted by Crippen LogP contribution is 2.70. The van der Waals surface area contributed by atoms with E-state index in [4.69, 9.17) is 34.8 Å². The molecule has 2 N–H and O–H groups in total. The Hall–Kier alpha value is -2.53. The molecule has 50 heavy (non-hydrogen) atoms. The normalized spacial score (nSPS) is 44.4. The molecule has 6 aliphatic rings. The van der Waals surface area contributed by atoms with Crippen LogP contribution in [0.1, 0.15) is 130 Å². The number of carbonyl (C=O) groups excluding carboxylic acids is 3. The van der Waals surface area contributed by atoms with Crippen LogP contribution in [0, 0.1) is 46.3 Å². The zero-order chi connectivity index (χ0) is 35.5. The molecule has 5 saturated carbocycles. The van der Waals surface area contributed by atoms with Crippen molar-refractivity contribution in [2.24, 2.45) is 52.1 Å². The van der Waals surface area contributed by atoms with E-state index in [9.17, 15) is 14.4 Å². The van der Waals surface area contributed by atoms with Gasteiger partial charge >= 0.3 is 11.9 Å². The van der Waals surface area contributed by atoms with E-state index in [2.05, 4.69) is 45.0 Å². The van der Waals surface area contributed by atoms with Crippen LogP contribution in [-0.4, -0.2) is 41.6 Å². The average Bonchev–Trinajstić information content (AvgIpc) is 3.45. The van der Waals surface area contributed by atoms with Crippen LogP contribution in [0.2, 0.25) is 0 Å². The second kappa shape index (κ2) is 13.5. The van der Waals surface area contributed by atoms with Crippen molar-refractivity contribution in [2.75, 3.05) is 0 Å². The molecule has 2 spiro atoms. The summed E-state index contributed by atoms with van der Waals surface area (Å²) in [5.41, 5.74) is 6.45. The highest BCUT2D eigenvalue weighted by atomic mass is 17.4. The summed E-state index contributed by atoms with van der Waals surface area (Å²) < 4.78 is 12.5. The lowest BCUT2D eigenvalue weighted by atomic mass is 9.42. The van der Waals surface area contributed by atoms with Gasteiger partial charge in [0, 0.05) is 57.3 Å². The zero-order valence-electron chi connectivity index (χ0n) is 30.5. The van der Waals surface area contributed by atoms with Gasteiger partial charge in [-0.3, -0.25) is 14.4 Å². The van der Waals surface area contributed by atoms with Gasteiger partial charge in [0.05, 0.1) is 0 Å². The number of nitrogens with two attached hydrogens (primary N) is 1. The smallest absolute Gasteiger partial charge is 0.302 e. The van der Waals surface area contributed by atoms with Gasteiger partial charge in [-0.05, 0) is 97.9 Å². The number of ether oxygens (including phenoxy) is 2. The van der Waals surface area contributed by atoms with E-state index in [0.29, 0.717) is 57.3 Å². The van der Waals surface area contributed by atoms with Crippen LogP contribution in [-0.2, 0) is 43.4 Å². The third kappa shape index (κ3) is 6.30. The van der Waals surface area contributed by atoms with Crippen LogP contribution in [0.15, 0.2) is 30.3 Å². The van der Waals surface area contributed by atoms with E-state index < -0.39 is 11.6 Å². The Morgan fingerprint density at radius 2 is 1.50 bits per heavy atom. The van der Waals surface area contributed by atoms with Gasteiger partial charge in [-0.1, -0.05) is 51.1 Å². The van der Waals surface area contributed by atoms with Crippen molar-refractivity contribution >= 4 is 17.8 Å². The molecule has 1 amide bonds. The lowest BCUT2D eigenvalue weighted by Gasteiger charge is -2.65. The summed E-state index contributed by atoms with van der Waals surface area (Å²) in [6.45, 7) is 9.86. The second-order valence-electron chi connectivity index (χ2n) is 17.3. The number of hydrogen-bond donors (Lipinski definition) is 1. The Morgan fingerprint density at radius 1 is 0.840 bits per heavy atom. The first-order chi connectivity index (χ1) is 23.8. The molecule has 0 bridgehead atoms. The fourth-order valence-corrected chi connectivity index (χ4v) is 12.1. The summed E-state index contributed by atoms with van der Waals surface area (Å²) in [4.78, 5) is 62.0. The molecule has 276 valence electrons. The SMILES string of the molecule is CC(=O)OC1CC2CC3(CCC2(C)C2CC(OC(C)=O)C4(C)C(C(C)CCC(N)=O)CCC4C12)OOC1(CCC(c2ccccc2)CC1)OO3. The molecule has 0 aromatic heterocycles. The molecule has 10 atom stereocenters. The maximum atomic E-state index is 12.7. The van der Waals surface area contributed by atoms with Crippen molar-refractivity contribution in [3.63, 3.8) is 0 Å². The number of carbonyl (C=O) groups is 3. The first kappa shape index (κ1) is 35.9. The number of benzene rings is 1. The van der Waals surface area contributed by atoms with E-state index >= 15 is 0 Å². The maximum absolute atomic E-state index is 12.7. The van der Waals surface area contributed by atoms with Crippen LogP contribution >= 0.6 is 0 Å². The van der Waals surface area contributed by atoms with Crippen molar-refractivity contribution in [2.45, 2.75) is 148 Å². The first-order valence-corrected chi connectivity index (χ1v) is 19.2. The van der Waals surface area contributed by atoms with Crippen LogP contribution in [0.3, 0.4) is 0 Å². The Labute approximate surface area is 296 Å². The Balaban J connectivity index is 1.10. The van der Waals surface area contributed by atoms with Gasteiger partial charge in [0.15, 0.2) is 0 Å². The van der Waals surface area contributed by atoms with Crippen LogP contribution < -0.4 is 5.73 Å². The van der Waals surface area contributed by atoms with Crippen molar-refractivity contribution in [1.29, 1.82) is 0 Å². The number of hydrogen-bond acceptors (Lipinski definition) is 9. The minimum atomic E-state index is -1.04. The van der Waals surface area contributed by atoms with E-state index in [1.54, 1.807) is 0 Å². The van der Waals surface area contributed by atoms with Crippen molar-refractivity contribution < 1.29 is 43.4 Å². The Morgan fingerprint density at radius 3 is 2.14 bits per heavy atom. The largest absolute Gasteiger partial charge is 0.462 e. The molecule has 10 heteroatoms. The van der Waals surface area contributed by atoms with Crippen LogP contribution in [0.5, 0.6) is 0 Å². The molecule has 1 heterocycles. The van der Waals surface area contributed by atoms with E-state index in [0.717, 1.165) is 32.1 Å². The predicted octanol–water partition coefficient (Wildman–Crippen LogP) is 7.29. The third-order valence-corrected chi connectivity index (χ3v) is 14.7. The molecule has 10 unspecified atom stereocenters. The molecular formula is C40H57NO9. The highest BCUT2D eigenvalue weighted by molar-refractivity contribution is 5.73. The van der Waals surface area contributed by atoms with Crippen LogP contribution in [0.25, 0.3) is 0 Å². The number of esters is 2. The topological polar surface area (TPSA) is 133 Å². The van der Waals surface area contributed by atoms with Gasteiger partial charge in [-0.2, -0.15) is 19.6 Å². The van der Waals surface area contributed by atoms with E-state index in [-0.39, 0.29) is 76.4 Å². The molecule has 1 aliphatic heterocycles. The number of rotatable bonds is 7. The number of primary amides is 1. The molecule has 1 aromatic rings. The van der Waals surface area contributed by atoms with Gasteiger partial charge in [0.25, 0.3) is 0 Å². The van der Waals surface area contributed by atoms with Gasteiger partial charge in [0.2, 0.25) is 17.5 Å². The number of amides is 1. The summed E-state index contributed by atoms with van der Waals surface area (Å²) >= 11 is 0. The Bertz CT molecular complexity index is 1420. The first-order valence-electron chi connectivity index (χ1n) is 19.2. The van der Waals surface area contributed by atoms with Gasteiger partial charge in [0.1, 0.15) is 12.2 Å². The molecule has 1 saturated heterocycles. The zero-order valence-corrected chi connectivity index (χ0v) is 30.5. The minimum absolute atomic E-state index is 0.103. The summed E-state index contributed by atoms with van der Waals surface area (Å²) in [7, 11) is 0. The summed E-state index contributed by atoms with van der Waals surface area (Å²) in [6, 6.07) is 10.6. The van der Waals surface area contributed by atoms with E-state index in [1.807, 2.05) is 6.07 Å². The molecular weight excluding hydrogens is 638 g/mol. The molecule has 7 rings (SSSR count). The van der Waals surface area contributed by atoms with Crippen LogP contribution in [0.4, 0.5) is 0 Å². The van der Waals surface area contributed by atoms with Gasteiger partial charge in [-0.25, -0.2) is 0 Å². The molecule has 5 aliphatic carbocycles. The lowest BCUT2D eigenvalue weighted by Crippen LogP contribution is -2.65. The summed E-state index contributed by atoms with van der Waals surface area (Å²) in [5, 5.41) is 0. The summed E-state index contributed by atoms with van der Waals surface area (Å²) in [6.07, 6.45) is 9.01. The predicted molar refractivity (Wildman–Crippen MR) is 182 cm³/mol. The molecule has 1 aromatic carbocycles. The molecule has 0 radical (unpaired) electrons. The quantitative estimate of drug-likeness (QED) is 0.231. The fraction of sp³-hybridized carbons (Fsp3) is 0.775. The third-order valence-electron chi connectivity index (χ3n) is 14.7. The fourth-order valence-electron chi connectivity index (χ4n) is 12.1. The van der Waals surface area contributed by atoms with Gasteiger partial charge in [-0.15, -0.1) is 0 Å². The second-order valence-corrected chi connectivity index (χ2v) is 17.3. The van der Waals surface area contributed by atoms with Crippen molar-refractivity contribution in [3.05, 3.63) is 35.9 Å². The minimum Gasteiger partial charge on any atom is -0.462 e. The highest BCUT2D eigenvalue weighted by Gasteiger charge is 2.69. The van der Waals surface area contributed by atoms with Crippen molar-refractivity contribution in [3.8, 4) is 0 Å². The molecule has 6 fully saturated rings. The lowest BCUT2D eigenvalue weighted by molar-refractivity contribution is -0.665. The number of fused-ring (bicyclic) bond motifs is 5. The van der Waals surface area contributed by atoms with E-state index in [1.165, 1.54) is 19.4 Å². The monoisotopic (exact) mass is 695 g/mol.